The van der Waals surface area contributed by atoms with Crippen molar-refractivity contribution in [3.05, 3.63) is 42.7 Å². The molecule has 1 aromatic carbocycles. The Labute approximate surface area is 169 Å². The fraction of sp³-hybridized carbons (Fsp3) is 0.429. The maximum atomic E-state index is 10.4. The van der Waals surface area contributed by atoms with Crippen LogP contribution < -0.4 is 10.6 Å². The van der Waals surface area contributed by atoms with Crippen LogP contribution in [0.1, 0.15) is 32.1 Å². The monoisotopic (exact) mass is 391 g/mol. The predicted molar refractivity (Wildman–Crippen MR) is 110 cm³/mol. The van der Waals surface area contributed by atoms with E-state index in [1.165, 1.54) is 32.1 Å². The molecule has 2 unspecified atom stereocenters. The molecular weight excluding hydrogens is 366 g/mol. The van der Waals surface area contributed by atoms with Gasteiger partial charge >= 0.3 is 0 Å². The highest BCUT2D eigenvalue weighted by Crippen LogP contribution is 2.31. The molecule has 2 atom stereocenters. The highest BCUT2D eigenvalue weighted by molar-refractivity contribution is 5.68. The molecule has 0 radical (unpaired) electrons. The SMILES string of the molecule is Oc1cc(-n2ccnn2)ccc1-c1ccc(NCC2CC3CCCC(C2)N3)nn1. The van der Waals surface area contributed by atoms with E-state index >= 15 is 0 Å². The van der Waals surface area contributed by atoms with Gasteiger partial charge in [-0.05, 0) is 55.9 Å². The van der Waals surface area contributed by atoms with E-state index in [0.717, 1.165) is 18.1 Å². The van der Waals surface area contributed by atoms with Crippen LogP contribution in [0.3, 0.4) is 0 Å². The quantitative estimate of drug-likeness (QED) is 0.615. The smallest absolute Gasteiger partial charge is 0.148 e. The Morgan fingerprint density at radius 2 is 1.97 bits per heavy atom. The normalized spacial score (nSPS) is 23.7. The average Bonchev–Trinajstić information content (AvgIpc) is 3.27. The summed E-state index contributed by atoms with van der Waals surface area (Å²) in [6.07, 6.45) is 9.77. The number of aromatic nitrogens is 5. The highest BCUT2D eigenvalue weighted by atomic mass is 16.3. The molecule has 0 aliphatic carbocycles. The molecule has 3 N–H and O–H groups in total. The third-order valence-electron chi connectivity index (χ3n) is 5.99. The number of nitrogens with zero attached hydrogens (tertiary/aromatic N) is 5. The van der Waals surface area contributed by atoms with Crippen LogP contribution in [0.4, 0.5) is 5.82 Å². The summed E-state index contributed by atoms with van der Waals surface area (Å²) in [6, 6.07) is 10.5. The van der Waals surface area contributed by atoms with Crippen molar-refractivity contribution < 1.29 is 5.11 Å². The lowest BCUT2D eigenvalue weighted by Gasteiger charge is -2.40. The second kappa shape index (κ2) is 7.79. The fourth-order valence-electron chi connectivity index (χ4n) is 4.59. The number of hydrogen-bond donors (Lipinski definition) is 3. The molecule has 150 valence electrons. The number of benzene rings is 1. The van der Waals surface area contributed by atoms with E-state index in [0.29, 0.717) is 29.3 Å². The fourth-order valence-corrected chi connectivity index (χ4v) is 4.59. The molecule has 4 heterocycles. The molecule has 5 rings (SSSR count). The summed E-state index contributed by atoms with van der Waals surface area (Å²) >= 11 is 0. The third kappa shape index (κ3) is 3.93. The standard InChI is InChI=1S/C21H25N7O/c29-20-12-17(28-9-8-23-27-28)4-5-18(20)19-6-7-21(26-25-19)22-13-14-10-15-2-1-3-16(11-14)24-15/h4-9,12,14-16,24,29H,1-3,10-11,13H2,(H,22,26). The number of nitrogens with one attached hydrogen (secondary N) is 2. The van der Waals surface area contributed by atoms with Gasteiger partial charge in [0, 0.05) is 30.3 Å². The topological polar surface area (TPSA) is 101 Å². The summed E-state index contributed by atoms with van der Waals surface area (Å²) in [5.74, 6) is 1.59. The zero-order valence-electron chi connectivity index (χ0n) is 16.2. The van der Waals surface area contributed by atoms with Gasteiger partial charge in [0.2, 0.25) is 0 Å². The Morgan fingerprint density at radius 1 is 1.10 bits per heavy atom. The number of phenolic OH excluding ortho intramolecular Hbond substituents is 1. The summed E-state index contributed by atoms with van der Waals surface area (Å²) in [5, 5.41) is 33.9. The molecule has 0 spiro atoms. The molecule has 3 aromatic rings. The van der Waals surface area contributed by atoms with E-state index in [-0.39, 0.29) is 5.75 Å². The largest absolute Gasteiger partial charge is 0.507 e. The number of piperidine rings is 2. The van der Waals surface area contributed by atoms with Crippen molar-refractivity contribution >= 4 is 5.82 Å². The Balaban J connectivity index is 1.23. The number of anilines is 1. The number of hydrogen-bond acceptors (Lipinski definition) is 7. The van der Waals surface area contributed by atoms with Gasteiger partial charge in [-0.2, -0.15) is 0 Å². The molecule has 29 heavy (non-hydrogen) atoms. The molecule has 2 aliphatic heterocycles. The Hall–Kier alpha value is -3.00. The lowest BCUT2D eigenvalue weighted by Crippen LogP contribution is -2.49. The molecule has 0 amide bonds. The molecule has 2 aromatic heterocycles. The average molecular weight is 391 g/mol. The van der Waals surface area contributed by atoms with Crippen molar-refractivity contribution in [2.24, 2.45) is 5.92 Å². The van der Waals surface area contributed by atoms with E-state index in [2.05, 4.69) is 31.1 Å². The van der Waals surface area contributed by atoms with Gasteiger partial charge in [0.1, 0.15) is 11.6 Å². The van der Waals surface area contributed by atoms with Gasteiger partial charge in [-0.3, -0.25) is 0 Å². The van der Waals surface area contributed by atoms with Crippen LogP contribution in [0.2, 0.25) is 0 Å². The van der Waals surface area contributed by atoms with Crippen molar-refractivity contribution in [2.45, 2.75) is 44.2 Å². The van der Waals surface area contributed by atoms with Gasteiger partial charge < -0.3 is 15.7 Å². The van der Waals surface area contributed by atoms with Gasteiger partial charge in [-0.25, -0.2) is 4.68 Å². The number of fused-ring (bicyclic) bond motifs is 2. The lowest BCUT2D eigenvalue weighted by atomic mass is 9.80. The van der Waals surface area contributed by atoms with Crippen LogP contribution in [0.15, 0.2) is 42.7 Å². The third-order valence-corrected chi connectivity index (χ3v) is 5.99. The van der Waals surface area contributed by atoms with E-state index < -0.39 is 0 Å². The maximum absolute atomic E-state index is 10.4. The molecule has 2 bridgehead atoms. The van der Waals surface area contributed by atoms with Crippen molar-refractivity contribution in [3.8, 4) is 22.7 Å². The first-order valence-electron chi connectivity index (χ1n) is 10.3. The summed E-state index contributed by atoms with van der Waals surface area (Å²) < 4.78 is 1.59. The lowest BCUT2D eigenvalue weighted by molar-refractivity contribution is 0.192. The molecular formula is C21H25N7O. The van der Waals surface area contributed by atoms with Gasteiger partial charge in [-0.15, -0.1) is 15.3 Å². The molecule has 8 nitrogen and oxygen atoms in total. The van der Waals surface area contributed by atoms with Crippen LogP contribution >= 0.6 is 0 Å². The van der Waals surface area contributed by atoms with Gasteiger partial charge in [-0.1, -0.05) is 11.6 Å². The van der Waals surface area contributed by atoms with Crippen molar-refractivity contribution in [3.63, 3.8) is 0 Å². The second-order valence-corrected chi connectivity index (χ2v) is 8.06. The zero-order valence-corrected chi connectivity index (χ0v) is 16.2. The summed E-state index contributed by atoms with van der Waals surface area (Å²) in [6.45, 7) is 0.931. The first-order valence-corrected chi connectivity index (χ1v) is 10.3. The van der Waals surface area contributed by atoms with Crippen molar-refractivity contribution in [2.75, 3.05) is 11.9 Å². The Bertz CT molecular complexity index is 946. The summed E-state index contributed by atoms with van der Waals surface area (Å²) in [7, 11) is 0. The Morgan fingerprint density at radius 3 is 2.66 bits per heavy atom. The Kier molecular flexibility index (Phi) is 4.85. The molecule has 0 saturated carbocycles. The molecule has 8 heteroatoms. The van der Waals surface area contributed by atoms with Gasteiger partial charge in [0.25, 0.3) is 0 Å². The van der Waals surface area contributed by atoms with E-state index in [1.807, 2.05) is 24.3 Å². The van der Waals surface area contributed by atoms with Gasteiger partial charge in [0.05, 0.1) is 23.8 Å². The number of phenols is 1. The molecule has 2 saturated heterocycles. The first-order chi connectivity index (χ1) is 14.2. The minimum atomic E-state index is 0.134. The maximum Gasteiger partial charge on any atom is 0.148 e. The first kappa shape index (κ1) is 18.1. The second-order valence-electron chi connectivity index (χ2n) is 8.06. The van der Waals surface area contributed by atoms with E-state index in [9.17, 15) is 5.11 Å². The summed E-state index contributed by atoms with van der Waals surface area (Å²) in [4.78, 5) is 0. The number of rotatable bonds is 5. The minimum absolute atomic E-state index is 0.134. The number of aromatic hydroxyl groups is 1. The van der Waals surface area contributed by atoms with Crippen molar-refractivity contribution in [1.29, 1.82) is 0 Å². The summed E-state index contributed by atoms with van der Waals surface area (Å²) in [5.41, 5.74) is 2.01. The van der Waals surface area contributed by atoms with Crippen LogP contribution in [0.5, 0.6) is 5.75 Å². The molecule has 2 aliphatic rings. The molecule has 2 fully saturated rings. The van der Waals surface area contributed by atoms with Crippen LogP contribution in [-0.4, -0.2) is 48.9 Å². The van der Waals surface area contributed by atoms with Crippen LogP contribution in [0.25, 0.3) is 16.9 Å². The zero-order chi connectivity index (χ0) is 19.6. The van der Waals surface area contributed by atoms with E-state index in [4.69, 9.17) is 0 Å². The van der Waals surface area contributed by atoms with Crippen LogP contribution in [0, 0.1) is 5.92 Å². The van der Waals surface area contributed by atoms with Crippen molar-refractivity contribution in [1.82, 2.24) is 30.5 Å². The minimum Gasteiger partial charge on any atom is -0.507 e. The highest BCUT2D eigenvalue weighted by Gasteiger charge is 2.30. The van der Waals surface area contributed by atoms with Gasteiger partial charge in [0.15, 0.2) is 0 Å². The predicted octanol–water partition coefficient (Wildman–Crippen LogP) is 2.76. The van der Waals surface area contributed by atoms with E-state index in [1.54, 1.807) is 23.1 Å². The van der Waals surface area contributed by atoms with Crippen LogP contribution in [-0.2, 0) is 0 Å².